The zero-order valence-corrected chi connectivity index (χ0v) is 24.7. The summed E-state index contributed by atoms with van der Waals surface area (Å²) in [6.07, 6.45) is 5.57. The predicted octanol–water partition coefficient (Wildman–Crippen LogP) is -1.56. The van der Waals surface area contributed by atoms with E-state index >= 15 is 0 Å². The highest BCUT2D eigenvalue weighted by molar-refractivity contribution is 5.89. The van der Waals surface area contributed by atoms with Gasteiger partial charge in [-0.15, -0.1) is 0 Å². The fraction of sp³-hybridized carbons (Fsp3) is 0.500. The third-order valence-electron chi connectivity index (χ3n) is 6.53. The van der Waals surface area contributed by atoms with Crippen molar-refractivity contribution in [1.29, 1.82) is 0 Å². The van der Waals surface area contributed by atoms with Gasteiger partial charge in [0.05, 0.1) is 31.6 Å². The third-order valence-corrected chi connectivity index (χ3v) is 6.53. The molecule has 1 aliphatic carbocycles. The number of carboxylic acids is 4. The Kier molecular flexibility index (Phi) is 19.6. The van der Waals surface area contributed by atoms with Crippen LogP contribution in [0.4, 0.5) is 0 Å². The van der Waals surface area contributed by atoms with Crippen LogP contribution in [-0.2, 0) is 28.7 Å². The molecule has 0 aromatic heterocycles. The van der Waals surface area contributed by atoms with Gasteiger partial charge in [-0.05, 0) is 56.2 Å². The van der Waals surface area contributed by atoms with Gasteiger partial charge in [0.25, 0.3) is 0 Å². The van der Waals surface area contributed by atoms with Crippen LogP contribution in [0, 0.1) is 5.92 Å². The standard InChI is InChI=1S/C22H36N2O2.2C4H4O4/c1-5-24(6-2)15-14-23-21(22(25)26-16-18-8-7-9-18)20-12-10-19(11-13-20)17(3)4;2*5-3(6)1-2-4(7)8/h10-13,17-18,21,23H,5-9,14-16H2,1-4H3;2*1-2H,(H,5,6)(H,7,8)/b;2*2-1+. The molecule has 0 aliphatic heterocycles. The highest BCUT2D eigenvalue weighted by Crippen LogP contribution is 2.27. The molecule has 0 amide bonds. The summed E-state index contributed by atoms with van der Waals surface area (Å²) in [4.78, 5) is 52.3. The third kappa shape index (κ3) is 18.3. The lowest BCUT2D eigenvalue weighted by Gasteiger charge is -2.25. The number of carboxylic acid groups (broad SMARTS) is 4. The number of benzene rings is 1. The number of carbonyl (C=O) groups excluding carboxylic acids is 3. The van der Waals surface area contributed by atoms with Gasteiger partial charge in [0.2, 0.25) is 6.04 Å². The van der Waals surface area contributed by atoms with Crippen molar-refractivity contribution in [3.05, 3.63) is 59.7 Å². The zero-order valence-electron chi connectivity index (χ0n) is 24.7. The Morgan fingerprint density at radius 3 is 1.71 bits per heavy atom. The molecule has 1 fully saturated rings. The van der Waals surface area contributed by atoms with Crippen LogP contribution in [0.5, 0.6) is 0 Å². The van der Waals surface area contributed by atoms with Gasteiger partial charge in [0.15, 0.2) is 0 Å². The number of ether oxygens (including phenoxy) is 1. The molecule has 1 aromatic rings. The number of rotatable bonds is 15. The van der Waals surface area contributed by atoms with E-state index in [0.29, 0.717) is 42.7 Å². The molecular formula is C30H44N2O10. The molecule has 0 spiro atoms. The summed E-state index contributed by atoms with van der Waals surface area (Å²) in [6.45, 7) is 13.7. The van der Waals surface area contributed by atoms with Crippen LogP contribution >= 0.6 is 0 Å². The number of nitrogens with two attached hydrogens (primary N) is 1. The van der Waals surface area contributed by atoms with Crippen LogP contribution < -0.4 is 20.4 Å². The molecule has 2 rings (SSSR count). The monoisotopic (exact) mass is 592 g/mol. The molecule has 0 saturated heterocycles. The average molecular weight is 593 g/mol. The van der Waals surface area contributed by atoms with E-state index in [9.17, 15) is 34.2 Å². The lowest BCUT2D eigenvalue weighted by molar-refractivity contribution is -0.910. The number of hydrogen-bond acceptors (Lipinski definition) is 8. The summed E-state index contributed by atoms with van der Waals surface area (Å²) in [5.41, 5.74) is 2.37. The van der Waals surface area contributed by atoms with E-state index in [4.69, 9.17) is 14.9 Å². The topological polar surface area (TPSA) is 202 Å². The molecule has 1 unspecified atom stereocenters. The minimum Gasteiger partial charge on any atom is -0.545 e. The number of likely N-dealkylation sites (N-methyl/N-ethyl adjacent to an activating group) is 1. The van der Waals surface area contributed by atoms with E-state index in [1.165, 1.54) is 24.8 Å². The molecule has 1 atom stereocenters. The number of nitrogens with one attached hydrogen (secondary N) is 1. The zero-order chi connectivity index (χ0) is 32.1. The Hall–Kier alpha value is -4.03. The number of aliphatic carboxylic acids is 4. The number of quaternary nitrogens is 2. The van der Waals surface area contributed by atoms with Gasteiger partial charge in [-0.25, -0.2) is 14.4 Å². The van der Waals surface area contributed by atoms with Gasteiger partial charge in [0.1, 0.15) is 13.1 Å². The van der Waals surface area contributed by atoms with E-state index in [1.54, 1.807) is 4.90 Å². The minimum absolute atomic E-state index is 0.0799. The van der Waals surface area contributed by atoms with Crippen molar-refractivity contribution in [2.45, 2.75) is 58.9 Å². The van der Waals surface area contributed by atoms with Crippen LogP contribution in [0.25, 0.3) is 0 Å². The predicted molar refractivity (Wildman–Crippen MR) is 149 cm³/mol. The lowest BCUT2D eigenvalue weighted by atomic mass is 9.86. The fourth-order valence-electron chi connectivity index (χ4n) is 3.74. The van der Waals surface area contributed by atoms with E-state index in [2.05, 4.69) is 57.3 Å². The Morgan fingerprint density at radius 2 is 1.38 bits per heavy atom. The van der Waals surface area contributed by atoms with Crippen LogP contribution in [-0.4, -0.2) is 72.8 Å². The van der Waals surface area contributed by atoms with Crippen molar-refractivity contribution in [3.63, 3.8) is 0 Å². The summed E-state index contributed by atoms with van der Waals surface area (Å²) in [7, 11) is 0. The first-order valence-corrected chi connectivity index (χ1v) is 14.0. The van der Waals surface area contributed by atoms with Crippen molar-refractivity contribution >= 4 is 29.8 Å². The maximum Gasteiger partial charge on any atom is 0.369 e. The molecule has 12 nitrogen and oxygen atoms in total. The minimum atomic E-state index is -1.51. The highest BCUT2D eigenvalue weighted by Gasteiger charge is 2.28. The quantitative estimate of drug-likeness (QED) is 0.136. The Bertz CT molecular complexity index is 977. The molecule has 1 saturated carbocycles. The fourth-order valence-corrected chi connectivity index (χ4v) is 3.74. The van der Waals surface area contributed by atoms with Gasteiger partial charge in [-0.2, -0.15) is 0 Å². The van der Waals surface area contributed by atoms with Crippen molar-refractivity contribution < 1.29 is 59.4 Å². The second-order valence-electron chi connectivity index (χ2n) is 9.94. The van der Waals surface area contributed by atoms with Crippen LogP contribution in [0.1, 0.15) is 70.0 Å². The maximum atomic E-state index is 12.8. The molecule has 0 radical (unpaired) electrons. The van der Waals surface area contributed by atoms with Gasteiger partial charge in [-0.3, -0.25) is 0 Å². The van der Waals surface area contributed by atoms with Crippen molar-refractivity contribution in [2.75, 3.05) is 32.8 Å². The largest absolute Gasteiger partial charge is 0.545 e. The second-order valence-corrected chi connectivity index (χ2v) is 9.94. The SMILES string of the molecule is CC[NH+](CC)CC[NH2+]C(C(=O)OCC1CCC1)c1ccc(C(C)C)cc1.O=C([O-])/C=C/C(=O)O.O=C([O-])/C=C/C(=O)O. The first-order chi connectivity index (χ1) is 19.8. The molecule has 5 N–H and O–H groups in total. The molecular weight excluding hydrogens is 548 g/mol. The van der Waals surface area contributed by atoms with Gasteiger partial charge < -0.3 is 45.0 Å². The Balaban J connectivity index is 0.000000861. The Labute approximate surface area is 246 Å². The normalized spacial score (nSPS) is 13.5. The van der Waals surface area contributed by atoms with Gasteiger partial charge in [0, 0.05) is 17.7 Å². The molecule has 234 valence electrons. The maximum absolute atomic E-state index is 12.8. The lowest BCUT2D eigenvalue weighted by Crippen LogP contribution is -3.14. The molecule has 12 heteroatoms. The molecule has 0 bridgehead atoms. The van der Waals surface area contributed by atoms with Crippen molar-refractivity contribution in [1.82, 2.24) is 0 Å². The summed E-state index contributed by atoms with van der Waals surface area (Å²) >= 11 is 0. The van der Waals surface area contributed by atoms with Crippen LogP contribution in [0.15, 0.2) is 48.6 Å². The first-order valence-electron chi connectivity index (χ1n) is 14.0. The molecule has 1 aliphatic rings. The van der Waals surface area contributed by atoms with Crippen LogP contribution in [0.2, 0.25) is 0 Å². The summed E-state index contributed by atoms with van der Waals surface area (Å²) in [5, 5.41) is 36.6. The van der Waals surface area contributed by atoms with Crippen molar-refractivity contribution in [3.8, 4) is 0 Å². The van der Waals surface area contributed by atoms with Gasteiger partial charge in [-0.1, -0.05) is 44.5 Å². The smallest absolute Gasteiger partial charge is 0.369 e. The Morgan fingerprint density at radius 1 is 0.905 bits per heavy atom. The van der Waals surface area contributed by atoms with Crippen LogP contribution in [0.3, 0.4) is 0 Å². The summed E-state index contributed by atoms with van der Waals surface area (Å²) < 4.78 is 5.67. The summed E-state index contributed by atoms with van der Waals surface area (Å²) in [5.74, 6) is -4.60. The number of hydrogen-bond donors (Lipinski definition) is 4. The van der Waals surface area contributed by atoms with Crippen molar-refractivity contribution in [2.24, 2.45) is 5.92 Å². The summed E-state index contributed by atoms with van der Waals surface area (Å²) in [6, 6.07) is 8.26. The highest BCUT2D eigenvalue weighted by atomic mass is 16.5. The van der Waals surface area contributed by atoms with E-state index < -0.39 is 23.9 Å². The number of carbonyl (C=O) groups is 5. The van der Waals surface area contributed by atoms with E-state index in [1.807, 2.05) is 0 Å². The second kappa shape index (κ2) is 21.7. The number of esters is 1. The van der Waals surface area contributed by atoms with Gasteiger partial charge >= 0.3 is 17.9 Å². The average Bonchev–Trinajstić information content (AvgIpc) is 2.91. The molecule has 0 heterocycles. The van der Waals surface area contributed by atoms with E-state index in [0.717, 1.165) is 31.7 Å². The first kappa shape index (κ1) is 38.0. The molecule has 1 aromatic carbocycles. The van der Waals surface area contributed by atoms with E-state index in [-0.39, 0.29) is 12.0 Å². The molecule has 42 heavy (non-hydrogen) atoms.